The van der Waals surface area contributed by atoms with Gasteiger partial charge >= 0.3 is 0 Å². The standard InChI is InChI=1S/C12H18BrNO/c1-10(6-7-15-2)14-9-11-4-3-5-12(13)8-11/h3-5,8,10,14H,6-7,9H2,1-2H3. The lowest BCUT2D eigenvalue weighted by atomic mass is 10.2. The summed E-state index contributed by atoms with van der Waals surface area (Å²) in [6.07, 6.45) is 1.05. The van der Waals surface area contributed by atoms with Crippen LogP contribution in [0, 0.1) is 0 Å². The van der Waals surface area contributed by atoms with Crippen molar-refractivity contribution in [2.24, 2.45) is 0 Å². The van der Waals surface area contributed by atoms with E-state index in [0.29, 0.717) is 6.04 Å². The molecule has 0 heterocycles. The maximum Gasteiger partial charge on any atom is 0.0476 e. The van der Waals surface area contributed by atoms with Gasteiger partial charge in [-0.05, 0) is 31.0 Å². The Bertz CT molecular complexity index is 291. The maximum absolute atomic E-state index is 5.04. The van der Waals surface area contributed by atoms with E-state index in [4.69, 9.17) is 4.74 Å². The summed E-state index contributed by atoms with van der Waals surface area (Å²) in [6, 6.07) is 8.85. The highest BCUT2D eigenvalue weighted by atomic mass is 79.9. The number of hydrogen-bond donors (Lipinski definition) is 1. The fourth-order valence-corrected chi connectivity index (χ4v) is 1.78. The third-order valence-corrected chi connectivity index (χ3v) is 2.79. The summed E-state index contributed by atoms with van der Waals surface area (Å²) in [7, 11) is 1.74. The zero-order valence-electron chi connectivity index (χ0n) is 9.29. The minimum Gasteiger partial charge on any atom is -0.385 e. The Hall–Kier alpha value is -0.380. The van der Waals surface area contributed by atoms with Gasteiger partial charge in [-0.25, -0.2) is 0 Å². The Labute approximate surface area is 100 Å². The molecule has 0 aliphatic carbocycles. The molecule has 1 aromatic rings. The van der Waals surface area contributed by atoms with Crippen LogP contribution < -0.4 is 5.32 Å². The molecule has 1 unspecified atom stereocenters. The average Bonchev–Trinajstić information content (AvgIpc) is 2.23. The molecule has 0 radical (unpaired) electrons. The second-order valence-corrected chi connectivity index (χ2v) is 4.61. The Balaban J connectivity index is 2.30. The predicted octanol–water partition coefficient (Wildman–Crippen LogP) is 2.96. The summed E-state index contributed by atoms with van der Waals surface area (Å²) < 4.78 is 6.17. The van der Waals surface area contributed by atoms with Crippen molar-refractivity contribution in [1.29, 1.82) is 0 Å². The smallest absolute Gasteiger partial charge is 0.0476 e. The predicted molar refractivity (Wildman–Crippen MR) is 66.9 cm³/mol. The van der Waals surface area contributed by atoms with Crippen LogP contribution in [0.2, 0.25) is 0 Å². The van der Waals surface area contributed by atoms with Crippen LogP contribution in [0.1, 0.15) is 18.9 Å². The van der Waals surface area contributed by atoms with Gasteiger partial charge in [0, 0.05) is 30.8 Å². The van der Waals surface area contributed by atoms with E-state index >= 15 is 0 Å². The second kappa shape index (κ2) is 6.99. The summed E-state index contributed by atoms with van der Waals surface area (Å²) in [4.78, 5) is 0. The van der Waals surface area contributed by atoms with E-state index in [2.05, 4.69) is 46.4 Å². The molecule has 0 amide bonds. The van der Waals surface area contributed by atoms with Crippen LogP contribution in [0.5, 0.6) is 0 Å². The lowest BCUT2D eigenvalue weighted by Gasteiger charge is -2.13. The highest BCUT2D eigenvalue weighted by Gasteiger charge is 2.01. The van der Waals surface area contributed by atoms with Gasteiger partial charge in [0.2, 0.25) is 0 Å². The molecule has 84 valence electrons. The van der Waals surface area contributed by atoms with Crippen LogP contribution in [0.15, 0.2) is 28.7 Å². The molecule has 0 aromatic heterocycles. The largest absolute Gasteiger partial charge is 0.385 e. The van der Waals surface area contributed by atoms with Crippen molar-refractivity contribution < 1.29 is 4.74 Å². The molecule has 0 bridgehead atoms. The van der Waals surface area contributed by atoms with Crippen molar-refractivity contribution in [3.05, 3.63) is 34.3 Å². The lowest BCUT2D eigenvalue weighted by molar-refractivity contribution is 0.184. The maximum atomic E-state index is 5.04. The summed E-state index contributed by atoms with van der Waals surface area (Å²) in [5.74, 6) is 0. The van der Waals surface area contributed by atoms with E-state index in [1.807, 2.05) is 6.07 Å². The minimum absolute atomic E-state index is 0.490. The molecule has 1 N–H and O–H groups in total. The number of methoxy groups -OCH3 is 1. The molecule has 15 heavy (non-hydrogen) atoms. The molecule has 0 aliphatic heterocycles. The molecule has 0 spiro atoms. The van der Waals surface area contributed by atoms with Crippen molar-refractivity contribution >= 4 is 15.9 Å². The van der Waals surface area contributed by atoms with E-state index in [1.54, 1.807) is 7.11 Å². The summed E-state index contributed by atoms with van der Waals surface area (Å²) >= 11 is 3.46. The Kier molecular flexibility index (Phi) is 5.91. The third kappa shape index (κ3) is 5.30. The zero-order chi connectivity index (χ0) is 11.1. The van der Waals surface area contributed by atoms with E-state index in [9.17, 15) is 0 Å². The van der Waals surface area contributed by atoms with Gasteiger partial charge in [0.25, 0.3) is 0 Å². The van der Waals surface area contributed by atoms with Gasteiger partial charge in [0.1, 0.15) is 0 Å². The van der Waals surface area contributed by atoms with Crippen LogP contribution in [0.3, 0.4) is 0 Å². The van der Waals surface area contributed by atoms with Crippen LogP contribution in [-0.2, 0) is 11.3 Å². The summed E-state index contributed by atoms with van der Waals surface area (Å²) in [5.41, 5.74) is 1.30. The molecule has 1 rings (SSSR count). The second-order valence-electron chi connectivity index (χ2n) is 3.69. The number of rotatable bonds is 6. The fourth-order valence-electron chi connectivity index (χ4n) is 1.34. The van der Waals surface area contributed by atoms with Crippen molar-refractivity contribution in [3.63, 3.8) is 0 Å². The number of benzene rings is 1. The van der Waals surface area contributed by atoms with Crippen LogP contribution >= 0.6 is 15.9 Å². The molecule has 0 aliphatic rings. The number of nitrogens with one attached hydrogen (secondary N) is 1. The van der Waals surface area contributed by atoms with Crippen LogP contribution in [0.25, 0.3) is 0 Å². The third-order valence-electron chi connectivity index (χ3n) is 2.30. The van der Waals surface area contributed by atoms with E-state index in [1.165, 1.54) is 5.56 Å². The Morgan fingerprint density at radius 2 is 2.27 bits per heavy atom. The van der Waals surface area contributed by atoms with Gasteiger partial charge < -0.3 is 10.1 Å². The monoisotopic (exact) mass is 271 g/mol. The summed E-state index contributed by atoms with van der Waals surface area (Å²) in [6.45, 7) is 3.90. The first-order valence-corrected chi connectivity index (χ1v) is 5.98. The lowest BCUT2D eigenvalue weighted by Crippen LogP contribution is -2.26. The molecule has 0 saturated heterocycles. The van der Waals surface area contributed by atoms with Crippen LogP contribution in [0.4, 0.5) is 0 Å². The molecule has 1 atom stereocenters. The van der Waals surface area contributed by atoms with Crippen molar-refractivity contribution in [1.82, 2.24) is 5.32 Å². The van der Waals surface area contributed by atoms with E-state index < -0.39 is 0 Å². The minimum atomic E-state index is 0.490. The fraction of sp³-hybridized carbons (Fsp3) is 0.500. The zero-order valence-corrected chi connectivity index (χ0v) is 10.9. The SMILES string of the molecule is COCCC(C)NCc1cccc(Br)c1. The van der Waals surface area contributed by atoms with E-state index in [0.717, 1.165) is 24.0 Å². The number of hydrogen-bond acceptors (Lipinski definition) is 2. The van der Waals surface area contributed by atoms with Crippen molar-refractivity contribution in [3.8, 4) is 0 Å². The molecule has 1 aromatic carbocycles. The van der Waals surface area contributed by atoms with Gasteiger partial charge in [-0.1, -0.05) is 28.1 Å². The molecule has 3 heteroatoms. The number of ether oxygens (including phenoxy) is 1. The van der Waals surface area contributed by atoms with Crippen molar-refractivity contribution in [2.75, 3.05) is 13.7 Å². The first-order chi connectivity index (χ1) is 7.22. The van der Waals surface area contributed by atoms with Gasteiger partial charge in [-0.15, -0.1) is 0 Å². The average molecular weight is 272 g/mol. The molecular weight excluding hydrogens is 254 g/mol. The quantitative estimate of drug-likeness (QED) is 0.859. The highest BCUT2D eigenvalue weighted by Crippen LogP contribution is 2.11. The first kappa shape index (κ1) is 12.7. The van der Waals surface area contributed by atoms with Crippen LogP contribution in [-0.4, -0.2) is 19.8 Å². The summed E-state index contributed by atoms with van der Waals surface area (Å²) in [5, 5.41) is 3.46. The molecule has 0 saturated carbocycles. The normalized spacial score (nSPS) is 12.7. The Morgan fingerprint density at radius 3 is 2.93 bits per heavy atom. The van der Waals surface area contributed by atoms with Gasteiger partial charge in [-0.3, -0.25) is 0 Å². The first-order valence-electron chi connectivity index (χ1n) is 5.19. The molecular formula is C12H18BrNO. The van der Waals surface area contributed by atoms with E-state index in [-0.39, 0.29) is 0 Å². The topological polar surface area (TPSA) is 21.3 Å². The van der Waals surface area contributed by atoms with Gasteiger partial charge in [0.05, 0.1) is 0 Å². The molecule has 0 fully saturated rings. The molecule has 2 nitrogen and oxygen atoms in total. The van der Waals surface area contributed by atoms with Crippen molar-refractivity contribution in [2.45, 2.75) is 25.9 Å². The van der Waals surface area contributed by atoms with Gasteiger partial charge in [-0.2, -0.15) is 0 Å². The highest BCUT2D eigenvalue weighted by molar-refractivity contribution is 9.10. The Morgan fingerprint density at radius 1 is 1.47 bits per heavy atom. The van der Waals surface area contributed by atoms with Gasteiger partial charge in [0.15, 0.2) is 0 Å². The number of halogens is 1.